The van der Waals surface area contributed by atoms with E-state index in [0.717, 1.165) is 55.1 Å². The van der Waals surface area contributed by atoms with Gasteiger partial charge in [0.1, 0.15) is 24.2 Å². The molecule has 6 rings (SSSR count). The number of hydrogen-bond donors (Lipinski definition) is 1. The molecule has 42 heavy (non-hydrogen) atoms. The predicted molar refractivity (Wildman–Crippen MR) is 158 cm³/mol. The second kappa shape index (κ2) is 12.4. The Balaban J connectivity index is 1.04. The number of carbonyl (C=O) groups excluding carboxylic acids is 3. The standard InChI is InChI=1S/C34H37N3O5/c1-41-27-12-10-25(11-13-27)26-16-18-36(19-17-26)20-23-6-8-24(9-7-23)22-42-31-5-3-2-4-28-29(31)21-37(34(28)40)30-14-15-32(38)35-33(30)39/h2-4,6-13,26,30H,5,14-22H2,1H3,(H,35,38,39). The van der Waals surface area contributed by atoms with Gasteiger partial charge < -0.3 is 14.4 Å². The van der Waals surface area contributed by atoms with E-state index >= 15 is 0 Å². The topological polar surface area (TPSA) is 88.2 Å². The lowest BCUT2D eigenvalue weighted by molar-refractivity contribution is -0.142. The summed E-state index contributed by atoms with van der Waals surface area (Å²) in [7, 11) is 1.70. The van der Waals surface area contributed by atoms with E-state index < -0.39 is 11.9 Å². The molecule has 4 aliphatic rings. The summed E-state index contributed by atoms with van der Waals surface area (Å²) in [5.41, 5.74) is 5.13. The third-order valence-corrected chi connectivity index (χ3v) is 8.79. The zero-order chi connectivity index (χ0) is 29.1. The van der Waals surface area contributed by atoms with Crippen molar-refractivity contribution in [1.82, 2.24) is 15.1 Å². The van der Waals surface area contributed by atoms with E-state index in [-0.39, 0.29) is 18.2 Å². The number of piperidine rings is 2. The number of fused-ring (bicyclic) bond motifs is 1. The molecular formula is C34H37N3O5. The van der Waals surface area contributed by atoms with Crippen molar-refractivity contribution in [1.29, 1.82) is 0 Å². The molecule has 0 radical (unpaired) electrons. The number of methoxy groups -OCH3 is 1. The number of ether oxygens (including phenoxy) is 2. The van der Waals surface area contributed by atoms with Gasteiger partial charge in [0.2, 0.25) is 11.8 Å². The first-order valence-electron chi connectivity index (χ1n) is 14.8. The Labute approximate surface area is 246 Å². The Kier molecular flexibility index (Phi) is 8.24. The number of imide groups is 1. The molecule has 8 heteroatoms. The van der Waals surface area contributed by atoms with E-state index in [1.807, 2.05) is 12.2 Å². The first-order valence-corrected chi connectivity index (χ1v) is 14.8. The Morgan fingerprint density at radius 3 is 2.38 bits per heavy atom. The van der Waals surface area contributed by atoms with Gasteiger partial charge >= 0.3 is 0 Å². The SMILES string of the molecule is COc1ccc(C2CCN(Cc3ccc(COC4=C5CN(C6CCC(=O)NC6=O)C(=O)C5=CC=CC4)cc3)CC2)cc1. The van der Waals surface area contributed by atoms with Crippen molar-refractivity contribution in [2.24, 2.45) is 0 Å². The molecular weight excluding hydrogens is 530 g/mol. The van der Waals surface area contributed by atoms with Crippen LogP contribution >= 0.6 is 0 Å². The molecule has 1 N–H and O–H groups in total. The fraction of sp³-hybridized carbons (Fsp3) is 0.382. The number of benzene rings is 2. The second-order valence-corrected chi connectivity index (χ2v) is 11.4. The molecule has 3 aliphatic heterocycles. The van der Waals surface area contributed by atoms with Crippen LogP contribution in [0.4, 0.5) is 0 Å². The Morgan fingerprint density at radius 1 is 0.929 bits per heavy atom. The van der Waals surface area contributed by atoms with Gasteiger partial charge in [-0.1, -0.05) is 48.6 Å². The van der Waals surface area contributed by atoms with Gasteiger partial charge in [0.25, 0.3) is 5.91 Å². The minimum absolute atomic E-state index is 0.190. The van der Waals surface area contributed by atoms with E-state index in [0.29, 0.717) is 37.5 Å². The highest BCUT2D eigenvalue weighted by Gasteiger charge is 2.42. The molecule has 2 aromatic carbocycles. The van der Waals surface area contributed by atoms with Crippen LogP contribution in [0.3, 0.4) is 0 Å². The average molecular weight is 568 g/mol. The first kappa shape index (κ1) is 28.0. The van der Waals surface area contributed by atoms with Crippen LogP contribution in [0.15, 0.2) is 83.7 Å². The molecule has 3 fully saturated rings. The van der Waals surface area contributed by atoms with Gasteiger partial charge in [0, 0.05) is 30.5 Å². The van der Waals surface area contributed by atoms with Crippen LogP contribution in [0.5, 0.6) is 5.75 Å². The van der Waals surface area contributed by atoms with Crippen LogP contribution < -0.4 is 10.1 Å². The van der Waals surface area contributed by atoms with E-state index in [1.165, 1.54) is 11.1 Å². The van der Waals surface area contributed by atoms with E-state index in [4.69, 9.17) is 9.47 Å². The van der Waals surface area contributed by atoms with E-state index in [9.17, 15) is 14.4 Å². The fourth-order valence-electron chi connectivity index (χ4n) is 6.33. The van der Waals surface area contributed by atoms with Gasteiger partial charge in [-0.05, 0) is 73.2 Å². The van der Waals surface area contributed by atoms with Crippen LogP contribution in [0.2, 0.25) is 0 Å². The molecule has 8 nitrogen and oxygen atoms in total. The zero-order valence-electron chi connectivity index (χ0n) is 24.0. The number of rotatable bonds is 8. The summed E-state index contributed by atoms with van der Waals surface area (Å²) >= 11 is 0. The van der Waals surface area contributed by atoms with Gasteiger partial charge in [-0.25, -0.2) is 0 Å². The molecule has 1 unspecified atom stereocenters. The minimum atomic E-state index is -0.637. The molecule has 3 heterocycles. The first-order chi connectivity index (χ1) is 20.5. The number of hydrogen-bond acceptors (Lipinski definition) is 6. The Bertz CT molecular complexity index is 1430. The van der Waals surface area contributed by atoms with Crippen molar-refractivity contribution in [2.75, 3.05) is 26.7 Å². The number of likely N-dealkylation sites (tertiary alicyclic amines) is 2. The number of allylic oxidation sites excluding steroid dienone is 3. The largest absolute Gasteiger partial charge is 0.497 e. The summed E-state index contributed by atoms with van der Waals surface area (Å²) in [5.74, 6) is 1.37. The highest BCUT2D eigenvalue weighted by Crippen LogP contribution is 2.34. The monoisotopic (exact) mass is 567 g/mol. The normalized spacial score (nSPS) is 21.6. The van der Waals surface area contributed by atoms with Gasteiger partial charge in [-0.15, -0.1) is 0 Å². The minimum Gasteiger partial charge on any atom is -0.497 e. The molecule has 0 aromatic heterocycles. The highest BCUT2D eigenvalue weighted by molar-refractivity contribution is 6.07. The van der Waals surface area contributed by atoms with E-state index in [2.05, 4.69) is 58.7 Å². The summed E-state index contributed by atoms with van der Waals surface area (Å²) in [6, 6.07) is 16.4. The lowest BCUT2D eigenvalue weighted by Crippen LogP contribution is -2.52. The maximum atomic E-state index is 13.2. The van der Waals surface area contributed by atoms with Crippen molar-refractivity contribution in [2.45, 2.75) is 57.2 Å². The molecule has 1 aliphatic carbocycles. The number of nitrogens with zero attached hydrogens (tertiary/aromatic N) is 2. The van der Waals surface area contributed by atoms with Crippen molar-refractivity contribution in [3.63, 3.8) is 0 Å². The zero-order valence-corrected chi connectivity index (χ0v) is 24.0. The van der Waals surface area contributed by atoms with Gasteiger partial charge in [-0.2, -0.15) is 0 Å². The van der Waals surface area contributed by atoms with Crippen molar-refractivity contribution < 1.29 is 23.9 Å². The number of nitrogens with one attached hydrogen (secondary N) is 1. The maximum Gasteiger partial charge on any atom is 0.255 e. The summed E-state index contributed by atoms with van der Waals surface area (Å²) in [6.45, 7) is 3.80. The molecule has 0 bridgehead atoms. The van der Waals surface area contributed by atoms with Gasteiger partial charge in [0.15, 0.2) is 0 Å². The van der Waals surface area contributed by atoms with Crippen molar-refractivity contribution in [3.05, 3.63) is 100 Å². The Morgan fingerprint density at radius 2 is 1.67 bits per heavy atom. The number of carbonyl (C=O) groups is 3. The molecule has 0 spiro atoms. The van der Waals surface area contributed by atoms with E-state index in [1.54, 1.807) is 18.1 Å². The van der Waals surface area contributed by atoms with Crippen molar-refractivity contribution >= 4 is 17.7 Å². The third kappa shape index (κ3) is 6.04. The molecule has 3 saturated heterocycles. The highest BCUT2D eigenvalue weighted by atomic mass is 16.5. The molecule has 3 amide bonds. The lowest BCUT2D eigenvalue weighted by Gasteiger charge is -2.32. The van der Waals surface area contributed by atoms with Crippen LogP contribution in [0, 0.1) is 0 Å². The third-order valence-electron chi connectivity index (χ3n) is 8.79. The van der Waals surface area contributed by atoms with Crippen molar-refractivity contribution in [3.8, 4) is 5.75 Å². The Hall–Kier alpha value is -4.17. The summed E-state index contributed by atoms with van der Waals surface area (Å²) in [5, 5.41) is 2.36. The molecule has 0 saturated carbocycles. The maximum absolute atomic E-state index is 13.2. The molecule has 218 valence electrons. The fourth-order valence-corrected chi connectivity index (χ4v) is 6.33. The van der Waals surface area contributed by atoms with Crippen LogP contribution in [-0.2, 0) is 32.3 Å². The number of amides is 3. The lowest BCUT2D eigenvalue weighted by atomic mass is 9.89. The summed E-state index contributed by atoms with van der Waals surface area (Å²) in [4.78, 5) is 41.3. The summed E-state index contributed by atoms with van der Waals surface area (Å²) in [6.07, 6.45) is 9.12. The molecule has 1 atom stereocenters. The van der Waals surface area contributed by atoms with Gasteiger partial charge in [-0.3, -0.25) is 24.6 Å². The molecule has 2 aromatic rings. The van der Waals surface area contributed by atoms with Crippen LogP contribution in [0.1, 0.15) is 54.7 Å². The summed E-state index contributed by atoms with van der Waals surface area (Å²) < 4.78 is 11.6. The smallest absolute Gasteiger partial charge is 0.255 e. The predicted octanol–water partition coefficient (Wildman–Crippen LogP) is 4.38. The quantitative estimate of drug-likeness (QED) is 0.477. The second-order valence-electron chi connectivity index (χ2n) is 11.4. The van der Waals surface area contributed by atoms with Crippen LogP contribution in [0.25, 0.3) is 0 Å². The van der Waals surface area contributed by atoms with Gasteiger partial charge in [0.05, 0.1) is 13.7 Å². The average Bonchev–Trinajstić information content (AvgIpc) is 3.19. The van der Waals surface area contributed by atoms with Crippen LogP contribution in [-0.4, -0.2) is 60.3 Å².